The third kappa shape index (κ3) is 2.82. The van der Waals surface area contributed by atoms with Crippen LogP contribution in [-0.2, 0) is 10.2 Å². The molecule has 0 atom stereocenters. The summed E-state index contributed by atoms with van der Waals surface area (Å²) >= 11 is 0.943. The van der Waals surface area contributed by atoms with Crippen molar-refractivity contribution in [2.45, 2.75) is 26.2 Å². The zero-order valence-electron chi connectivity index (χ0n) is 10.6. The molecule has 1 fully saturated rings. The highest BCUT2D eigenvalue weighted by molar-refractivity contribution is 8.18. The minimum Gasteiger partial charge on any atom is -0.282 e. The predicted octanol–water partition coefficient (Wildman–Crippen LogP) is 3.31. The van der Waals surface area contributed by atoms with Crippen LogP contribution in [0.5, 0.6) is 0 Å². The van der Waals surface area contributed by atoms with Crippen molar-refractivity contribution in [2.75, 3.05) is 0 Å². The number of amides is 2. The molecule has 0 aromatic heterocycles. The van der Waals surface area contributed by atoms with Crippen LogP contribution >= 0.6 is 11.8 Å². The number of imide groups is 1. The van der Waals surface area contributed by atoms with E-state index in [0.717, 1.165) is 17.3 Å². The molecule has 0 bridgehead atoms. The topological polar surface area (TPSA) is 46.2 Å². The van der Waals surface area contributed by atoms with Crippen LogP contribution < -0.4 is 5.32 Å². The molecule has 2 rings (SSSR count). The highest BCUT2D eigenvalue weighted by Crippen LogP contribution is 2.27. The Labute approximate surface area is 111 Å². The first-order valence-electron chi connectivity index (χ1n) is 5.72. The van der Waals surface area contributed by atoms with Gasteiger partial charge in [0, 0.05) is 0 Å². The molecule has 0 radical (unpaired) electrons. The van der Waals surface area contributed by atoms with Crippen molar-refractivity contribution in [3.05, 3.63) is 40.3 Å². The lowest BCUT2D eigenvalue weighted by Gasteiger charge is -2.19. The second kappa shape index (κ2) is 4.61. The Bertz CT molecular complexity index is 541. The Hall–Kier alpha value is -1.55. The Kier molecular flexibility index (Phi) is 3.30. The maximum absolute atomic E-state index is 11.4. The Morgan fingerprint density at radius 2 is 1.94 bits per heavy atom. The lowest BCUT2D eigenvalue weighted by Crippen LogP contribution is -2.17. The molecule has 1 N–H and O–H groups in total. The smallest absolute Gasteiger partial charge is 0.282 e. The van der Waals surface area contributed by atoms with Crippen molar-refractivity contribution >= 4 is 29.0 Å². The summed E-state index contributed by atoms with van der Waals surface area (Å²) in [6, 6.07) is 8.00. The van der Waals surface area contributed by atoms with Crippen molar-refractivity contribution in [3.63, 3.8) is 0 Å². The maximum atomic E-state index is 11.4. The quantitative estimate of drug-likeness (QED) is 0.789. The van der Waals surface area contributed by atoms with Gasteiger partial charge in [-0.05, 0) is 34.4 Å². The second-order valence-corrected chi connectivity index (χ2v) is 6.24. The SMILES string of the molecule is CC(C)(C)c1cccc(C=C2SC(=O)NC2=O)c1. The molecule has 3 nitrogen and oxygen atoms in total. The number of hydrogen-bond acceptors (Lipinski definition) is 3. The van der Waals surface area contributed by atoms with E-state index in [1.165, 1.54) is 5.56 Å². The van der Waals surface area contributed by atoms with Gasteiger partial charge in [0.05, 0.1) is 4.91 Å². The van der Waals surface area contributed by atoms with Crippen LogP contribution in [0.1, 0.15) is 31.9 Å². The Morgan fingerprint density at radius 3 is 2.50 bits per heavy atom. The number of rotatable bonds is 1. The first-order chi connectivity index (χ1) is 8.36. The summed E-state index contributed by atoms with van der Waals surface area (Å²) in [5.41, 5.74) is 2.21. The number of benzene rings is 1. The van der Waals surface area contributed by atoms with E-state index in [9.17, 15) is 9.59 Å². The molecule has 94 valence electrons. The first-order valence-corrected chi connectivity index (χ1v) is 6.53. The van der Waals surface area contributed by atoms with Crippen LogP contribution in [0.4, 0.5) is 4.79 Å². The molecule has 0 spiro atoms. The second-order valence-electron chi connectivity index (χ2n) is 5.23. The van der Waals surface area contributed by atoms with Gasteiger partial charge in [-0.1, -0.05) is 45.0 Å². The van der Waals surface area contributed by atoms with Crippen molar-refractivity contribution in [1.29, 1.82) is 0 Å². The average molecular weight is 261 g/mol. The van der Waals surface area contributed by atoms with Crippen LogP contribution in [0, 0.1) is 0 Å². The van der Waals surface area contributed by atoms with Crippen molar-refractivity contribution in [1.82, 2.24) is 5.32 Å². The van der Waals surface area contributed by atoms with Gasteiger partial charge in [0.25, 0.3) is 11.1 Å². The average Bonchev–Trinajstić information content (AvgIpc) is 2.56. The molecule has 1 aromatic carbocycles. The van der Waals surface area contributed by atoms with Gasteiger partial charge in [-0.2, -0.15) is 0 Å². The molecule has 2 amide bonds. The molecule has 4 heteroatoms. The fourth-order valence-electron chi connectivity index (χ4n) is 1.67. The number of carbonyl (C=O) groups excluding carboxylic acids is 2. The number of nitrogens with one attached hydrogen (secondary N) is 1. The fourth-order valence-corrected chi connectivity index (χ4v) is 2.35. The van der Waals surface area contributed by atoms with Crippen LogP contribution in [0.3, 0.4) is 0 Å². The molecule has 0 aliphatic carbocycles. The third-order valence-electron chi connectivity index (χ3n) is 2.69. The molecule has 1 aromatic rings. The minimum atomic E-state index is -0.314. The number of hydrogen-bond donors (Lipinski definition) is 1. The molecular formula is C14H15NO2S. The number of thioether (sulfide) groups is 1. The Balaban J connectivity index is 2.33. The fraction of sp³-hybridized carbons (Fsp3) is 0.286. The molecule has 0 saturated carbocycles. The molecule has 1 aliphatic rings. The van der Waals surface area contributed by atoms with E-state index in [1.54, 1.807) is 6.08 Å². The zero-order chi connectivity index (χ0) is 13.3. The largest absolute Gasteiger partial charge is 0.290 e. The predicted molar refractivity (Wildman–Crippen MR) is 74.2 cm³/mol. The summed E-state index contributed by atoms with van der Waals surface area (Å²) in [5.74, 6) is -0.314. The highest BCUT2D eigenvalue weighted by Gasteiger charge is 2.25. The van der Waals surface area contributed by atoms with Gasteiger partial charge in [-0.25, -0.2) is 0 Å². The highest BCUT2D eigenvalue weighted by atomic mass is 32.2. The molecule has 0 unspecified atom stereocenters. The van der Waals surface area contributed by atoms with E-state index in [1.807, 2.05) is 18.2 Å². The maximum Gasteiger partial charge on any atom is 0.290 e. The van der Waals surface area contributed by atoms with E-state index < -0.39 is 0 Å². The van der Waals surface area contributed by atoms with Gasteiger partial charge in [0.15, 0.2) is 0 Å². The Morgan fingerprint density at radius 1 is 1.22 bits per heavy atom. The van der Waals surface area contributed by atoms with Gasteiger partial charge in [-0.15, -0.1) is 0 Å². The van der Waals surface area contributed by atoms with Crippen LogP contribution in [0.2, 0.25) is 0 Å². The lowest BCUT2D eigenvalue weighted by molar-refractivity contribution is -0.115. The summed E-state index contributed by atoms with van der Waals surface area (Å²) in [4.78, 5) is 23.0. The summed E-state index contributed by atoms with van der Waals surface area (Å²) < 4.78 is 0. The molecule has 18 heavy (non-hydrogen) atoms. The van der Waals surface area contributed by atoms with Crippen molar-refractivity contribution in [3.8, 4) is 0 Å². The normalized spacial score (nSPS) is 18.3. The van der Waals surface area contributed by atoms with Crippen LogP contribution in [-0.4, -0.2) is 11.1 Å². The van der Waals surface area contributed by atoms with E-state index in [4.69, 9.17) is 0 Å². The van der Waals surface area contributed by atoms with Gasteiger partial charge in [0.2, 0.25) is 0 Å². The van der Waals surface area contributed by atoms with Crippen molar-refractivity contribution < 1.29 is 9.59 Å². The van der Waals surface area contributed by atoms with Crippen molar-refractivity contribution in [2.24, 2.45) is 0 Å². The summed E-state index contributed by atoms with van der Waals surface area (Å²) in [6.45, 7) is 6.42. The van der Waals surface area contributed by atoms with E-state index in [2.05, 4.69) is 32.2 Å². The van der Waals surface area contributed by atoms with Crippen LogP contribution in [0.15, 0.2) is 29.2 Å². The van der Waals surface area contributed by atoms with Gasteiger partial charge >= 0.3 is 0 Å². The lowest BCUT2D eigenvalue weighted by atomic mass is 9.86. The monoisotopic (exact) mass is 261 g/mol. The minimum absolute atomic E-state index is 0.0649. The number of carbonyl (C=O) groups is 2. The molecule has 1 saturated heterocycles. The molecule has 1 heterocycles. The summed E-state index contributed by atoms with van der Waals surface area (Å²) in [7, 11) is 0. The standard InChI is InChI=1S/C14H15NO2S/c1-14(2,3)10-6-4-5-9(7-10)8-11-12(16)15-13(17)18-11/h4-8H,1-3H3,(H,15,16,17). The molecular weight excluding hydrogens is 246 g/mol. The summed E-state index contributed by atoms with van der Waals surface area (Å²) in [6.07, 6.45) is 1.75. The van der Waals surface area contributed by atoms with Gasteiger partial charge < -0.3 is 0 Å². The van der Waals surface area contributed by atoms with E-state index in [0.29, 0.717) is 4.91 Å². The van der Waals surface area contributed by atoms with E-state index in [-0.39, 0.29) is 16.6 Å². The summed E-state index contributed by atoms with van der Waals surface area (Å²) in [5, 5.41) is 1.94. The van der Waals surface area contributed by atoms with Crippen LogP contribution in [0.25, 0.3) is 6.08 Å². The van der Waals surface area contributed by atoms with E-state index >= 15 is 0 Å². The van der Waals surface area contributed by atoms with Gasteiger partial charge in [-0.3, -0.25) is 14.9 Å². The third-order valence-corrected chi connectivity index (χ3v) is 3.50. The zero-order valence-corrected chi connectivity index (χ0v) is 11.4. The van der Waals surface area contributed by atoms with Gasteiger partial charge in [0.1, 0.15) is 0 Å². The molecule has 1 aliphatic heterocycles. The first kappa shape index (κ1) is 12.9.